The predicted molar refractivity (Wildman–Crippen MR) is 91.6 cm³/mol. The Morgan fingerprint density at radius 2 is 0.900 bits per heavy atom. The van der Waals surface area contributed by atoms with E-state index in [4.69, 9.17) is 0 Å². The molecule has 0 spiro atoms. The van der Waals surface area contributed by atoms with Gasteiger partial charge in [0.25, 0.3) is 0 Å². The van der Waals surface area contributed by atoms with Crippen LogP contribution in [0.5, 0.6) is 0 Å². The van der Waals surface area contributed by atoms with Crippen molar-refractivity contribution in [2.45, 2.75) is 6.42 Å². The van der Waals surface area contributed by atoms with Crippen LogP contribution in [0.25, 0.3) is 0 Å². The van der Waals surface area contributed by atoms with Gasteiger partial charge >= 0.3 is 0 Å². The van der Waals surface area contributed by atoms with Crippen LogP contribution in [-0.4, -0.2) is 28.2 Å². The largest absolute Gasteiger partial charge is 0.378 e. The molecule has 0 aliphatic rings. The molecule has 0 atom stereocenters. The summed E-state index contributed by atoms with van der Waals surface area (Å²) in [7, 11) is 8.26. The molecule has 0 fully saturated rings. The quantitative estimate of drug-likeness (QED) is 0.844. The van der Waals surface area contributed by atoms with E-state index >= 15 is 0 Å². The van der Waals surface area contributed by atoms with E-state index in [2.05, 4.69) is 86.5 Å². The van der Waals surface area contributed by atoms with Crippen LogP contribution in [0, 0.1) is 0 Å². The Hall–Kier alpha value is -1.67. The lowest BCUT2D eigenvalue weighted by atomic mass is 10.0. The first kappa shape index (κ1) is 16.4. The SMILES string of the molecule is CN(C)c1ccc(Cc2ccc(N(C)C)cc2)cc1.Cl. The Labute approximate surface area is 128 Å². The van der Waals surface area contributed by atoms with Crippen molar-refractivity contribution in [3.8, 4) is 0 Å². The Morgan fingerprint density at radius 1 is 0.600 bits per heavy atom. The summed E-state index contributed by atoms with van der Waals surface area (Å²) in [6.45, 7) is 0. The van der Waals surface area contributed by atoms with Gasteiger partial charge in [-0.05, 0) is 41.8 Å². The molecule has 2 aromatic rings. The lowest BCUT2D eigenvalue weighted by molar-refractivity contribution is 1.11. The topological polar surface area (TPSA) is 6.48 Å². The van der Waals surface area contributed by atoms with E-state index in [9.17, 15) is 0 Å². The summed E-state index contributed by atoms with van der Waals surface area (Å²) < 4.78 is 0. The van der Waals surface area contributed by atoms with Crippen molar-refractivity contribution in [1.29, 1.82) is 0 Å². The van der Waals surface area contributed by atoms with Gasteiger partial charge in [-0.25, -0.2) is 0 Å². The van der Waals surface area contributed by atoms with Gasteiger partial charge in [-0.2, -0.15) is 0 Å². The van der Waals surface area contributed by atoms with Crippen LogP contribution in [0.3, 0.4) is 0 Å². The van der Waals surface area contributed by atoms with Crippen molar-refractivity contribution in [1.82, 2.24) is 0 Å². The summed E-state index contributed by atoms with van der Waals surface area (Å²) in [5.74, 6) is 0. The third-order valence-corrected chi connectivity index (χ3v) is 3.31. The van der Waals surface area contributed by atoms with Crippen molar-refractivity contribution in [3.05, 3.63) is 59.7 Å². The normalized spacial score (nSPS) is 9.80. The van der Waals surface area contributed by atoms with E-state index < -0.39 is 0 Å². The van der Waals surface area contributed by atoms with Crippen LogP contribution in [0.4, 0.5) is 11.4 Å². The maximum Gasteiger partial charge on any atom is 0.0361 e. The summed E-state index contributed by atoms with van der Waals surface area (Å²) in [5, 5.41) is 0. The van der Waals surface area contributed by atoms with Crippen LogP contribution >= 0.6 is 12.4 Å². The van der Waals surface area contributed by atoms with Crippen LogP contribution in [0.15, 0.2) is 48.5 Å². The van der Waals surface area contributed by atoms with E-state index in [1.807, 2.05) is 0 Å². The van der Waals surface area contributed by atoms with Crippen molar-refractivity contribution < 1.29 is 0 Å². The van der Waals surface area contributed by atoms with Gasteiger partial charge in [-0.3, -0.25) is 0 Å². The van der Waals surface area contributed by atoms with Crippen LogP contribution < -0.4 is 9.80 Å². The highest BCUT2D eigenvalue weighted by Gasteiger charge is 2.00. The number of benzene rings is 2. The summed E-state index contributed by atoms with van der Waals surface area (Å²) in [4.78, 5) is 4.24. The Kier molecular flexibility index (Phi) is 5.90. The van der Waals surface area contributed by atoms with Gasteiger partial charge in [0.05, 0.1) is 0 Å². The molecule has 0 aliphatic heterocycles. The zero-order valence-electron chi connectivity index (χ0n) is 12.6. The third-order valence-electron chi connectivity index (χ3n) is 3.31. The summed E-state index contributed by atoms with van der Waals surface area (Å²) in [6.07, 6.45) is 0.988. The number of halogens is 1. The Morgan fingerprint density at radius 3 is 1.15 bits per heavy atom. The van der Waals surface area contributed by atoms with Crippen LogP contribution in [-0.2, 0) is 6.42 Å². The molecule has 3 heteroatoms. The molecule has 108 valence electrons. The molecule has 2 rings (SSSR count). The van der Waals surface area contributed by atoms with E-state index in [0.717, 1.165) is 6.42 Å². The molecule has 0 aromatic heterocycles. The van der Waals surface area contributed by atoms with E-state index in [0.29, 0.717) is 0 Å². The molecule has 0 radical (unpaired) electrons. The molecule has 0 saturated carbocycles. The molecule has 0 unspecified atom stereocenters. The summed E-state index contributed by atoms with van der Waals surface area (Å²) >= 11 is 0. The first-order chi connectivity index (χ1) is 9.06. The second-order valence-corrected chi connectivity index (χ2v) is 5.30. The molecule has 0 bridgehead atoms. The lowest BCUT2D eigenvalue weighted by Gasteiger charge is -2.14. The number of rotatable bonds is 4. The third kappa shape index (κ3) is 4.17. The summed E-state index contributed by atoms with van der Waals surface area (Å²) in [5.41, 5.74) is 5.19. The predicted octanol–water partition coefficient (Wildman–Crippen LogP) is 3.83. The second kappa shape index (κ2) is 7.20. The zero-order valence-corrected chi connectivity index (χ0v) is 13.4. The van der Waals surface area contributed by atoms with Crippen molar-refractivity contribution >= 4 is 23.8 Å². The van der Waals surface area contributed by atoms with Crippen molar-refractivity contribution in [3.63, 3.8) is 0 Å². The standard InChI is InChI=1S/C17H22N2.ClH/c1-18(2)16-9-5-14(6-10-16)13-15-7-11-17(12-8-15)19(3)4;/h5-12H,13H2,1-4H3;1H. The molecule has 2 nitrogen and oxygen atoms in total. The minimum Gasteiger partial charge on any atom is -0.378 e. The second-order valence-electron chi connectivity index (χ2n) is 5.30. The van der Waals surface area contributed by atoms with Gasteiger partial charge < -0.3 is 9.80 Å². The monoisotopic (exact) mass is 290 g/mol. The number of hydrogen-bond donors (Lipinski definition) is 0. The number of hydrogen-bond acceptors (Lipinski definition) is 2. The fourth-order valence-electron chi connectivity index (χ4n) is 2.06. The molecular weight excluding hydrogens is 268 g/mol. The number of anilines is 2. The van der Waals surface area contributed by atoms with E-state index in [-0.39, 0.29) is 12.4 Å². The van der Waals surface area contributed by atoms with Gasteiger partial charge in [0.2, 0.25) is 0 Å². The summed E-state index contributed by atoms with van der Waals surface area (Å²) in [6, 6.07) is 17.5. The fraction of sp³-hybridized carbons (Fsp3) is 0.294. The van der Waals surface area contributed by atoms with Gasteiger partial charge in [-0.1, -0.05) is 24.3 Å². The van der Waals surface area contributed by atoms with Gasteiger partial charge in [0.15, 0.2) is 0 Å². The van der Waals surface area contributed by atoms with Crippen molar-refractivity contribution in [2.24, 2.45) is 0 Å². The average Bonchev–Trinajstić information content (AvgIpc) is 2.40. The zero-order chi connectivity index (χ0) is 13.8. The van der Waals surface area contributed by atoms with Crippen LogP contribution in [0.1, 0.15) is 11.1 Å². The van der Waals surface area contributed by atoms with Gasteiger partial charge in [0.1, 0.15) is 0 Å². The van der Waals surface area contributed by atoms with Gasteiger partial charge in [-0.15, -0.1) is 12.4 Å². The van der Waals surface area contributed by atoms with E-state index in [1.165, 1.54) is 22.5 Å². The highest BCUT2D eigenvalue weighted by atomic mass is 35.5. The van der Waals surface area contributed by atoms with E-state index in [1.54, 1.807) is 0 Å². The molecule has 0 saturated heterocycles. The molecule has 0 amide bonds. The lowest BCUT2D eigenvalue weighted by Crippen LogP contribution is -2.08. The fourth-order valence-corrected chi connectivity index (χ4v) is 2.06. The Balaban J connectivity index is 0.00000200. The molecule has 0 N–H and O–H groups in total. The minimum atomic E-state index is 0. The first-order valence-electron chi connectivity index (χ1n) is 6.59. The Bertz CT molecular complexity index is 466. The first-order valence-corrected chi connectivity index (χ1v) is 6.59. The molecule has 0 heterocycles. The molecule has 0 aliphatic carbocycles. The maximum absolute atomic E-state index is 2.20. The van der Waals surface area contributed by atoms with Crippen LogP contribution in [0.2, 0.25) is 0 Å². The smallest absolute Gasteiger partial charge is 0.0361 e. The van der Waals surface area contributed by atoms with Crippen molar-refractivity contribution in [2.75, 3.05) is 38.0 Å². The molecular formula is C17H23ClN2. The van der Waals surface area contributed by atoms with Gasteiger partial charge in [0, 0.05) is 39.6 Å². The average molecular weight is 291 g/mol. The highest BCUT2D eigenvalue weighted by molar-refractivity contribution is 5.85. The minimum absolute atomic E-state index is 0. The number of nitrogens with zero attached hydrogens (tertiary/aromatic N) is 2. The maximum atomic E-state index is 2.20. The highest BCUT2D eigenvalue weighted by Crippen LogP contribution is 2.17. The molecule has 20 heavy (non-hydrogen) atoms. The molecule has 2 aromatic carbocycles.